The fourth-order valence-corrected chi connectivity index (χ4v) is 3.56. The van der Waals surface area contributed by atoms with E-state index in [0.29, 0.717) is 50.5 Å². The van der Waals surface area contributed by atoms with E-state index in [1.807, 2.05) is 31.1 Å². The normalized spacial score (nSPS) is 11.0. The van der Waals surface area contributed by atoms with Crippen molar-refractivity contribution in [2.45, 2.75) is 6.92 Å². The maximum absolute atomic E-state index is 12.7. The first-order valence-corrected chi connectivity index (χ1v) is 11.7. The van der Waals surface area contributed by atoms with Gasteiger partial charge in [-0.25, -0.2) is 4.98 Å². The summed E-state index contributed by atoms with van der Waals surface area (Å²) >= 11 is 9.83. The number of pyridine rings is 1. The van der Waals surface area contributed by atoms with Crippen molar-refractivity contribution in [3.8, 4) is 28.5 Å². The minimum atomic E-state index is -0.403. The van der Waals surface area contributed by atoms with Gasteiger partial charge in [0.2, 0.25) is 23.5 Å². The van der Waals surface area contributed by atoms with Crippen LogP contribution in [-0.2, 0) is 0 Å². The minimum Gasteiger partial charge on any atom is -0.475 e. The number of halogens is 2. The zero-order valence-electron chi connectivity index (χ0n) is 19.1. The highest BCUT2D eigenvalue weighted by molar-refractivity contribution is 9.10. The molecule has 0 unspecified atom stereocenters. The fourth-order valence-electron chi connectivity index (χ4n) is 2.98. The quantitative estimate of drug-likeness (QED) is 0.333. The fraction of sp³-hybridized carbons (Fsp3) is 0.217. The predicted molar refractivity (Wildman–Crippen MR) is 134 cm³/mol. The second kappa shape index (κ2) is 10.9. The standard InChI is InChI=1S/C23H21BrClN7O3/c1-13-28-20(31-35-13)14-4-6-16(18(25)10-14)19-7-5-15(11-26-19)21(33)29-23-27-12-17(24)22(30-23)34-9-8-32(2)3/h4-7,10-12H,8-9H2,1-3H3,(H,27,29,30,33). The number of anilines is 1. The third-order valence-corrected chi connectivity index (χ3v) is 5.63. The molecule has 0 spiro atoms. The van der Waals surface area contributed by atoms with E-state index in [1.165, 1.54) is 12.4 Å². The van der Waals surface area contributed by atoms with Crippen molar-refractivity contribution in [3.63, 3.8) is 0 Å². The van der Waals surface area contributed by atoms with E-state index in [4.69, 9.17) is 20.9 Å². The summed E-state index contributed by atoms with van der Waals surface area (Å²) < 4.78 is 11.3. The van der Waals surface area contributed by atoms with Crippen LogP contribution >= 0.6 is 27.5 Å². The molecule has 1 amide bonds. The van der Waals surface area contributed by atoms with Crippen LogP contribution in [0.3, 0.4) is 0 Å². The molecule has 0 atom stereocenters. The Balaban J connectivity index is 1.45. The molecule has 0 saturated heterocycles. The largest absolute Gasteiger partial charge is 0.475 e. The molecule has 4 rings (SSSR count). The van der Waals surface area contributed by atoms with Gasteiger partial charge < -0.3 is 14.2 Å². The van der Waals surface area contributed by atoms with Crippen LogP contribution in [0.5, 0.6) is 5.88 Å². The number of aromatic nitrogens is 5. The topological polar surface area (TPSA) is 119 Å². The van der Waals surface area contributed by atoms with Gasteiger partial charge in [0.25, 0.3) is 5.91 Å². The average Bonchev–Trinajstić information content (AvgIpc) is 3.27. The van der Waals surface area contributed by atoms with Crippen LogP contribution in [-0.4, -0.2) is 63.1 Å². The first kappa shape index (κ1) is 24.7. The summed E-state index contributed by atoms with van der Waals surface area (Å²) in [5, 5.41) is 7.03. The summed E-state index contributed by atoms with van der Waals surface area (Å²) in [7, 11) is 3.90. The minimum absolute atomic E-state index is 0.123. The van der Waals surface area contributed by atoms with Crippen LogP contribution in [0.2, 0.25) is 5.02 Å². The van der Waals surface area contributed by atoms with E-state index in [-0.39, 0.29) is 5.95 Å². The van der Waals surface area contributed by atoms with Crippen molar-refractivity contribution < 1.29 is 14.1 Å². The molecule has 10 nitrogen and oxygen atoms in total. The highest BCUT2D eigenvalue weighted by Gasteiger charge is 2.14. The third-order valence-electron chi connectivity index (χ3n) is 4.77. The van der Waals surface area contributed by atoms with Crippen LogP contribution < -0.4 is 10.1 Å². The maximum atomic E-state index is 12.7. The highest BCUT2D eigenvalue weighted by Crippen LogP contribution is 2.30. The van der Waals surface area contributed by atoms with Gasteiger partial charge in [0.05, 0.1) is 26.9 Å². The molecule has 4 aromatic rings. The Labute approximate surface area is 214 Å². The SMILES string of the molecule is Cc1nc(-c2ccc(-c3ccc(C(=O)Nc4ncc(Br)c(OCCN(C)C)n4)cn3)c(Cl)c2)no1. The smallest absolute Gasteiger partial charge is 0.259 e. The molecular formula is C23H21BrClN7O3. The Hall–Kier alpha value is -3.41. The van der Waals surface area contributed by atoms with Crippen LogP contribution in [0, 0.1) is 6.92 Å². The summed E-state index contributed by atoms with van der Waals surface area (Å²) in [6, 6.07) is 8.76. The zero-order valence-corrected chi connectivity index (χ0v) is 21.5. The lowest BCUT2D eigenvalue weighted by atomic mass is 10.1. The number of carbonyl (C=O) groups excluding carboxylic acids is 1. The lowest BCUT2D eigenvalue weighted by Crippen LogP contribution is -2.20. The van der Waals surface area contributed by atoms with Gasteiger partial charge in [-0.3, -0.25) is 15.1 Å². The molecule has 0 aliphatic rings. The predicted octanol–water partition coefficient (Wildman–Crippen LogP) is 4.51. The van der Waals surface area contributed by atoms with Crippen molar-refractivity contribution in [2.24, 2.45) is 0 Å². The van der Waals surface area contributed by atoms with Crippen molar-refractivity contribution in [2.75, 3.05) is 32.6 Å². The number of benzene rings is 1. The number of carbonyl (C=O) groups is 1. The molecule has 0 saturated carbocycles. The summed E-state index contributed by atoms with van der Waals surface area (Å²) in [5.74, 6) is 0.992. The Morgan fingerprint density at radius 3 is 2.66 bits per heavy atom. The molecule has 0 bridgehead atoms. The number of likely N-dealkylation sites (N-methyl/N-ethyl adjacent to an activating group) is 1. The molecule has 0 radical (unpaired) electrons. The number of nitrogens with zero attached hydrogens (tertiary/aromatic N) is 6. The van der Waals surface area contributed by atoms with E-state index in [2.05, 4.69) is 46.3 Å². The van der Waals surface area contributed by atoms with Gasteiger partial charge in [-0.1, -0.05) is 28.9 Å². The number of ether oxygens (including phenoxy) is 1. The van der Waals surface area contributed by atoms with Crippen LogP contribution in [0.1, 0.15) is 16.2 Å². The van der Waals surface area contributed by atoms with E-state index in [1.54, 1.807) is 25.1 Å². The van der Waals surface area contributed by atoms with E-state index in [0.717, 1.165) is 12.1 Å². The molecule has 0 fully saturated rings. The van der Waals surface area contributed by atoms with Gasteiger partial charge in [-0.05, 0) is 48.2 Å². The summed E-state index contributed by atoms with van der Waals surface area (Å²) in [6.07, 6.45) is 2.99. The summed E-state index contributed by atoms with van der Waals surface area (Å²) in [4.78, 5) is 31.7. The van der Waals surface area contributed by atoms with Gasteiger partial charge in [0.1, 0.15) is 6.61 Å². The lowest BCUT2D eigenvalue weighted by molar-refractivity contribution is 0.102. The lowest BCUT2D eigenvalue weighted by Gasteiger charge is -2.12. The van der Waals surface area contributed by atoms with Gasteiger partial charge >= 0.3 is 0 Å². The Morgan fingerprint density at radius 1 is 1.17 bits per heavy atom. The third kappa shape index (κ3) is 6.18. The van der Waals surface area contributed by atoms with Gasteiger partial charge in [0.15, 0.2) is 0 Å². The van der Waals surface area contributed by atoms with Crippen molar-refractivity contribution in [1.29, 1.82) is 0 Å². The van der Waals surface area contributed by atoms with E-state index >= 15 is 0 Å². The first-order chi connectivity index (χ1) is 16.8. The average molecular weight is 559 g/mol. The monoisotopic (exact) mass is 557 g/mol. The molecule has 12 heteroatoms. The molecule has 0 aliphatic heterocycles. The summed E-state index contributed by atoms with van der Waals surface area (Å²) in [5.41, 5.74) is 2.38. The highest BCUT2D eigenvalue weighted by atomic mass is 79.9. The molecule has 180 valence electrons. The Morgan fingerprint density at radius 2 is 2.00 bits per heavy atom. The van der Waals surface area contributed by atoms with Crippen LogP contribution in [0.25, 0.3) is 22.6 Å². The molecule has 1 N–H and O–H groups in total. The number of nitrogens with one attached hydrogen (secondary N) is 1. The first-order valence-electron chi connectivity index (χ1n) is 10.5. The zero-order chi connectivity index (χ0) is 24.9. The second-order valence-electron chi connectivity index (χ2n) is 7.72. The number of hydrogen-bond acceptors (Lipinski definition) is 9. The number of aryl methyl sites for hydroxylation is 1. The molecule has 35 heavy (non-hydrogen) atoms. The van der Waals surface area contributed by atoms with Crippen LogP contribution in [0.4, 0.5) is 5.95 Å². The maximum Gasteiger partial charge on any atom is 0.259 e. The van der Waals surface area contributed by atoms with E-state index in [9.17, 15) is 4.79 Å². The Kier molecular flexibility index (Phi) is 7.69. The molecule has 1 aromatic carbocycles. The van der Waals surface area contributed by atoms with Crippen LogP contribution in [0.15, 0.2) is 51.7 Å². The van der Waals surface area contributed by atoms with Gasteiger partial charge in [0, 0.05) is 30.8 Å². The van der Waals surface area contributed by atoms with E-state index < -0.39 is 5.91 Å². The number of rotatable bonds is 8. The summed E-state index contributed by atoms with van der Waals surface area (Å²) in [6.45, 7) is 2.88. The molecule has 0 aliphatic carbocycles. The van der Waals surface area contributed by atoms with Gasteiger partial charge in [-0.15, -0.1) is 0 Å². The van der Waals surface area contributed by atoms with Crippen molar-refractivity contribution >= 4 is 39.4 Å². The molecule has 3 aromatic heterocycles. The molecule has 3 heterocycles. The van der Waals surface area contributed by atoms with Crippen molar-refractivity contribution in [1.82, 2.24) is 30.0 Å². The number of amides is 1. The van der Waals surface area contributed by atoms with Crippen molar-refractivity contribution in [3.05, 3.63) is 63.7 Å². The Bertz CT molecular complexity index is 1350. The molecular weight excluding hydrogens is 538 g/mol. The second-order valence-corrected chi connectivity index (χ2v) is 8.98. The number of hydrogen-bond donors (Lipinski definition) is 1. The van der Waals surface area contributed by atoms with Gasteiger partial charge in [-0.2, -0.15) is 9.97 Å².